The first-order valence-electron chi connectivity index (χ1n) is 8.72. The Morgan fingerprint density at radius 2 is 2.12 bits per heavy atom. The maximum Gasteiger partial charge on any atom is 0.387 e. The fraction of sp³-hybridized carbons (Fsp3) is 0.556. The summed E-state index contributed by atoms with van der Waals surface area (Å²) in [6.45, 7) is -0.575. The van der Waals surface area contributed by atoms with Crippen LogP contribution in [0.25, 0.3) is 0 Å². The van der Waals surface area contributed by atoms with Crippen LogP contribution in [0.4, 0.5) is 8.78 Å². The summed E-state index contributed by atoms with van der Waals surface area (Å²) in [5, 5.41) is 2.88. The van der Waals surface area contributed by atoms with Gasteiger partial charge in [0.1, 0.15) is 5.75 Å². The summed E-state index contributed by atoms with van der Waals surface area (Å²) in [6, 6.07) is 5.88. The van der Waals surface area contributed by atoms with Crippen LogP contribution in [0.5, 0.6) is 5.75 Å². The summed E-state index contributed by atoms with van der Waals surface area (Å²) in [5.41, 5.74) is 0.0788. The fourth-order valence-corrected chi connectivity index (χ4v) is 3.76. The molecule has 26 heavy (non-hydrogen) atoms. The van der Waals surface area contributed by atoms with Gasteiger partial charge in [0.15, 0.2) is 0 Å². The summed E-state index contributed by atoms with van der Waals surface area (Å²) >= 11 is 0. The molecule has 0 radical (unpaired) electrons. The third-order valence-corrected chi connectivity index (χ3v) is 5.32. The van der Waals surface area contributed by atoms with Gasteiger partial charge in [-0.05, 0) is 38.1 Å². The second-order valence-electron chi connectivity index (χ2n) is 6.88. The Morgan fingerprint density at radius 3 is 2.88 bits per heavy atom. The number of benzene rings is 1. The summed E-state index contributed by atoms with van der Waals surface area (Å²) in [5.74, 6) is -0.199. The molecule has 0 bridgehead atoms. The molecule has 1 aromatic carbocycles. The minimum absolute atomic E-state index is 0.0287. The third-order valence-electron chi connectivity index (χ3n) is 5.32. The lowest BCUT2D eigenvalue weighted by Gasteiger charge is -2.49. The number of amides is 2. The molecule has 2 aliphatic rings. The Hall–Kier alpha value is -2.22. The van der Waals surface area contributed by atoms with Crippen LogP contribution < -0.4 is 10.1 Å². The van der Waals surface area contributed by atoms with Crippen molar-refractivity contribution in [3.05, 3.63) is 29.8 Å². The van der Waals surface area contributed by atoms with Crippen LogP contribution in [0.3, 0.4) is 0 Å². The Bertz CT molecular complexity index is 685. The number of carbonyl (C=O) groups is 2. The highest BCUT2D eigenvalue weighted by molar-refractivity contribution is 5.94. The van der Waals surface area contributed by atoms with Crippen LogP contribution in [0.2, 0.25) is 0 Å². The van der Waals surface area contributed by atoms with Gasteiger partial charge in [-0.2, -0.15) is 8.78 Å². The van der Waals surface area contributed by atoms with E-state index in [4.69, 9.17) is 0 Å². The minimum atomic E-state index is -2.93. The van der Waals surface area contributed by atoms with Crippen molar-refractivity contribution in [2.75, 3.05) is 33.2 Å². The van der Waals surface area contributed by atoms with E-state index >= 15 is 0 Å². The average Bonchev–Trinajstić information content (AvgIpc) is 2.79. The molecule has 1 spiro atoms. The van der Waals surface area contributed by atoms with E-state index in [0.717, 1.165) is 6.42 Å². The van der Waals surface area contributed by atoms with Crippen LogP contribution in [0.15, 0.2) is 24.3 Å². The number of rotatable bonds is 3. The lowest BCUT2D eigenvalue weighted by Crippen LogP contribution is -2.62. The summed E-state index contributed by atoms with van der Waals surface area (Å²) < 4.78 is 29.2. The number of alkyl halides is 2. The number of nitrogens with one attached hydrogen (secondary N) is 1. The molecule has 6 nitrogen and oxygen atoms in total. The van der Waals surface area contributed by atoms with Crippen molar-refractivity contribution in [3.63, 3.8) is 0 Å². The minimum Gasteiger partial charge on any atom is -0.435 e. The monoisotopic (exact) mass is 367 g/mol. The molecule has 1 aromatic rings. The zero-order chi connectivity index (χ0) is 18.7. The highest BCUT2D eigenvalue weighted by atomic mass is 19.3. The largest absolute Gasteiger partial charge is 0.435 e. The maximum atomic E-state index is 12.9. The second-order valence-corrected chi connectivity index (χ2v) is 6.88. The Balaban J connectivity index is 1.76. The van der Waals surface area contributed by atoms with E-state index in [1.165, 1.54) is 18.2 Å². The van der Waals surface area contributed by atoms with E-state index in [2.05, 4.69) is 15.0 Å². The smallest absolute Gasteiger partial charge is 0.387 e. The standard InChI is InChI=1S/C18H23F2N3O3/c1-22-9-10-23(12-18(22)6-5-15(24)21-8-7-18)16(25)13-3-2-4-14(11-13)26-17(19)20/h2-4,11,17H,5-10,12H2,1H3,(H,21,24)/t18-/m1/s1. The van der Waals surface area contributed by atoms with Gasteiger partial charge in [0.2, 0.25) is 5.91 Å². The summed E-state index contributed by atoms with van der Waals surface area (Å²) in [4.78, 5) is 28.6. The number of carbonyl (C=O) groups excluding carboxylic acids is 2. The van der Waals surface area contributed by atoms with Gasteiger partial charge in [-0.15, -0.1) is 0 Å². The zero-order valence-electron chi connectivity index (χ0n) is 14.7. The topological polar surface area (TPSA) is 61.9 Å². The molecule has 2 amide bonds. The van der Waals surface area contributed by atoms with Crippen molar-refractivity contribution < 1.29 is 23.1 Å². The first kappa shape index (κ1) is 18.6. The SMILES string of the molecule is CN1CCN(C(=O)c2cccc(OC(F)F)c2)C[C@@]12CCNC(=O)CC2. The van der Waals surface area contributed by atoms with Gasteiger partial charge in [0, 0.05) is 43.7 Å². The van der Waals surface area contributed by atoms with Gasteiger partial charge in [-0.3, -0.25) is 14.5 Å². The molecule has 2 heterocycles. The van der Waals surface area contributed by atoms with Crippen LogP contribution in [-0.4, -0.2) is 67.0 Å². The number of halogens is 2. The number of ether oxygens (including phenoxy) is 1. The first-order valence-corrected chi connectivity index (χ1v) is 8.72. The van der Waals surface area contributed by atoms with Crippen LogP contribution >= 0.6 is 0 Å². The van der Waals surface area contributed by atoms with E-state index in [1.54, 1.807) is 11.0 Å². The Labute approximate surface area is 151 Å². The molecule has 2 aliphatic heterocycles. The second kappa shape index (κ2) is 7.57. The highest BCUT2D eigenvalue weighted by Gasteiger charge is 2.42. The van der Waals surface area contributed by atoms with Crippen molar-refractivity contribution in [1.82, 2.24) is 15.1 Å². The third kappa shape index (κ3) is 3.95. The van der Waals surface area contributed by atoms with Crippen molar-refractivity contribution in [1.29, 1.82) is 0 Å². The zero-order valence-corrected chi connectivity index (χ0v) is 14.7. The number of nitrogens with zero attached hydrogens (tertiary/aromatic N) is 2. The predicted octanol–water partition coefficient (Wildman–Crippen LogP) is 1.71. The summed E-state index contributed by atoms with van der Waals surface area (Å²) in [6.07, 6.45) is 1.89. The number of hydrogen-bond acceptors (Lipinski definition) is 4. The quantitative estimate of drug-likeness (QED) is 0.884. The molecule has 1 N–H and O–H groups in total. The average molecular weight is 367 g/mol. The Morgan fingerprint density at radius 1 is 1.31 bits per heavy atom. The molecule has 1 atom stereocenters. The molecular weight excluding hydrogens is 344 g/mol. The molecular formula is C18H23F2N3O3. The Kier molecular flexibility index (Phi) is 5.41. The number of likely N-dealkylation sites (N-methyl/N-ethyl adjacent to an activating group) is 1. The van der Waals surface area contributed by atoms with Crippen LogP contribution in [-0.2, 0) is 4.79 Å². The fourth-order valence-electron chi connectivity index (χ4n) is 3.76. The van der Waals surface area contributed by atoms with Gasteiger partial charge in [-0.1, -0.05) is 6.07 Å². The van der Waals surface area contributed by atoms with Gasteiger partial charge >= 0.3 is 6.61 Å². The number of piperazine rings is 1. The predicted molar refractivity (Wildman–Crippen MR) is 91.2 cm³/mol. The molecule has 2 fully saturated rings. The van der Waals surface area contributed by atoms with Gasteiger partial charge in [0.25, 0.3) is 5.91 Å². The van der Waals surface area contributed by atoms with Crippen LogP contribution in [0, 0.1) is 0 Å². The van der Waals surface area contributed by atoms with Gasteiger partial charge < -0.3 is 15.0 Å². The molecule has 3 rings (SSSR count). The van der Waals surface area contributed by atoms with E-state index in [0.29, 0.717) is 44.6 Å². The van der Waals surface area contributed by atoms with Crippen molar-refractivity contribution >= 4 is 11.8 Å². The lowest BCUT2D eigenvalue weighted by molar-refractivity contribution is -0.121. The number of hydrogen-bond donors (Lipinski definition) is 1. The van der Waals surface area contributed by atoms with Crippen LogP contribution in [0.1, 0.15) is 29.6 Å². The molecule has 142 valence electrons. The maximum absolute atomic E-state index is 12.9. The van der Waals surface area contributed by atoms with Gasteiger partial charge in [-0.25, -0.2) is 0 Å². The molecule has 2 saturated heterocycles. The van der Waals surface area contributed by atoms with Crippen molar-refractivity contribution in [2.24, 2.45) is 0 Å². The summed E-state index contributed by atoms with van der Waals surface area (Å²) in [7, 11) is 2.02. The van der Waals surface area contributed by atoms with Crippen molar-refractivity contribution in [3.8, 4) is 5.75 Å². The molecule has 8 heteroatoms. The van der Waals surface area contributed by atoms with E-state index in [1.807, 2.05) is 7.05 Å². The van der Waals surface area contributed by atoms with E-state index < -0.39 is 6.61 Å². The van der Waals surface area contributed by atoms with E-state index in [-0.39, 0.29) is 23.1 Å². The molecule has 0 aromatic heterocycles. The molecule has 0 unspecified atom stereocenters. The van der Waals surface area contributed by atoms with Crippen molar-refractivity contribution in [2.45, 2.75) is 31.4 Å². The molecule has 0 aliphatic carbocycles. The highest BCUT2D eigenvalue weighted by Crippen LogP contribution is 2.31. The molecule has 0 saturated carbocycles. The van der Waals surface area contributed by atoms with E-state index in [9.17, 15) is 18.4 Å². The lowest BCUT2D eigenvalue weighted by atomic mass is 9.86. The van der Waals surface area contributed by atoms with Gasteiger partial charge in [0.05, 0.1) is 0 Å². The normalized spacial score (nSPS) is 24.5. The first-order chi connectivity index (χ1) is 12.4.